The molecule has 2 aromatic heterocycles. The second-order valence-corrected chi connectivity index (χ2v) is 9.71. The highest BCUT2D eigenvalue weighted by atomic mass is 35.5. The molecule has 0 aliphatic heterocycles. The van der Waals surface area contributed by atoms with Gasteiger partial charge in [0.15, 0.2) is 0 Å². The van der Waals surface area contributed by atoms with E-state index in [1.54, 1.807) is 0 Å². The molecular formula is C26H31ClN2S2. The third-order valence-electron chi connectivity index (χ3n) is 5.83. The summed E-state index contributed by atoms with van der Waals surface area (Å²) in [5.41, 5.74) is 2.90. The Balaban J connectivity index is 0.00000272. The number of halogens is 1. The number of hydrogen-bond acceptors (Lipinski definition) is 4. The van der Waals surface area contributed by atoms with Gasteiger partial charge in [0.1, 0.15) is 0 Å². The first kappa shape index (κ1) is 24.0. The highest BCUT2D eigenvalue weighted by molar-refractivity contribution is 7.10. The molecule has 2 N–H and O–H groups in total. The van der Waals surface area contributed by atoms with Crippen molar-refractivity contribution in [3.63, 3.8) is 0 Å². The van der Waals surface area contributed by atoms with Gasteiger partial charge >= 0.3 is 0 Å². The quantitative estimate of drug-likeness (QED) is 0.264. The average Bonchev–Trinajstić information content (AvgIpc) is 3.49. The highest BCUT2D eigenvalue weighted by Crippen LogP contribution is 2.40. The van der Waals surface area contributed by atoms with Crippen LogP contribution in [-0.2, 0) is 0 Å². The number of fused-ring (bicyclic) bond motifs is 1. The van der Waals surface area contributed by atoms with Crippen molar-refractivity contribution in [2.45, 2.75) is 24.7 Å². The summed E-state index contributed by atoms with van der Waals surface area (Å²) in [6.45, 7) is 2.02. The lowest BCUT2D eigenvalue weighted by Gasteiger charge is -2.23. The largest absolute Gasteiger partial charge is 0.320 e. The van der Waals surface area contributed by atoms with Crippen LogP contribution >= 0.6 is 35.1 Å². The van der Waals surface area contributed by atoms with Gasteiger partial charge in [0.2, 0.25) is 0 Å². The van der Waals surface area contributed by atoms with Crippen LogP contribution in [0, 0.1) is 0 Å². The molecule has 0 aliphatic carbocycles. The SMILES string of the molecule is CNCCC(c1cc(C(CCNC)c2cccs2)c2ccccc2c1)c1cccs1.Cl. The molecule has 2 heterocycles. The van der Waals surface area contributed by atoms with Gasteiger partial charge in [-0.25, -0.2) is 0 Å². The monoisotopic (exact) mass is 470 g/mol. The number of benzene rings is 2. The van der Waals surface area contributed by atoms with Gasteiger partial charge in [-0.05, 0) is 84.8 Å². The predicted molar refractivity (Wildman–Crippen MR) is 141 cm³/mol. The standard InChI is InChI=1S/C26H30N2S2.ClH/c1-27-13-11-22(25-9-5-15-29-25)20-17-19-7-3-4-8-21(19)24(18-20)23(12-14-28-2)26-10-6-16-30-26;/h3-10,15-18,22-23,27-28H,11-14H2,1-2H3;1H. The van der Waals surface area contributed by atoms with Crippen LogP contribution in [0.15, 0.2) is 71.4 Å². The summed E-state index contributed by atoms with van der Waals surface area (Å²) in [5, 5.41) is 13.9. The highest BCUT2D eigenvalue weighted by Gasteiger charge is 2.22. The van der Waals surface area contributed by atoms with E-state index in [2.05, 4.69) is 82.1 Å². The van der Waals surface area contributed by atoms with Crippen molar-refractivity contribution in [1.29, 1.82) is 0 Å². The molecule has 4 aromatic rings. The normalized spacial score (nSPS) is 13.1. The van der Waals surface area contributed by atoms with Crippen LogP contribution in [0.3, 0.4) is 0 Å². The second-order valence-electron chi connectivity index (χ2n) is 7.75. The number of nitrogens with one attached hydrogen (secondary N) is 2. The number of hydrogen-bond donors (Lipinski definition) is 2. The zero-order valence-electron chi connectivity index (χ0n) is 18.1. The smallest absolute Gasteiger partial charge is 0.0202 e. The fourth-order valence-electron chi connectivity index (χ4n) is 4.33. The summed E-state index contributed by atoms with van der Waals surface area (Å²) in [4.78, 5) is 2.91. The van der Waals surface area contributed by atoms with Crippen molar-refractivity contribution < 1.29 is 0 Å². The minimum atomic E-state index is 0. The molecule has 164 valence electrons. The average molecular weight is 471 g/mol. The Kier molecular flexibility index (Phi) is 9.12. The summed E-state index contributed by atoms with van der Waals surface area (Å²) in [6, 6.07) is 22.8. The Bertz CT molecular complexity index is 1040. The summed E-state index contributed by atoms with van der Waals surface area (Å²) < 4.78 is 0. The van der Waals surface area contributed by atoms with Crippen molar-refractivity contribution in [2.24, 2.45) is 0 Å². The first-order valence-corrected chi connectivity index (χ1v) is 12.5. The molecule has 0 fully saturated rings. The molecular weight excluding hydrogens is 440 g/mol. The van der Waals surface area contributed by atoms with Crippen molar-refractivity contribution >= 4 is 45.9 Å². The van der Waals surface area contributed by atoms with Gasteiger partial charge in [-0.2, -0.15) is 0 Å². The number of rotatable bonds is 10. The van der Waals surface area contributed by atoms with E-state index in [1.807, 2.05) is 36.8 Å². The molecule has 4 rings (SSSR count). The summed E-state index contributed by atoms with van der Waals surface area (Å²) >= 11 is 3.75. The second kappa shape index (κ2) is 11.8. The van der Waals surface area contributed by atoms with E-state index in [1.165, 1.54) is 31.7 Å². The van der Waals surface area contributed by atoms with Crippen molar-refractivity contribution in [2.75, 3.05) is 27.2 Å². The molecule has 2 unspecified atom stereocenters. The fraction of sp³-hybridized carbons (Fsp3) is 0.308. The maximum absolute atomic E-state index is 3.36. The first-order valence-electron chi connectivity index (χ1n) is 10.7. The predicted octanol–water partition coefficient (Wildman–Crippen LogP) is 6.87. The Morgan fingerprint density at radius 2 is 1.35 bits per heavy atom. The van der Waals surface area contributed by atoms with E-state index in [0.29, 0.717) is 11.8 Å². The van der Waals surface area contributed by atoms with Gasteiger partial charge in [0.25, 0.3) is 0 Å². The zero-order chi connectivity index (χ0) is 20.8. The van der Waals surface area contributed by atoms with E-state index >= 15 is 0 Å². The van der Waals surface area contributed by atoms with Crippen LogP contribution in [0.4, 0.5) is 0 Å². The molecule has 0 aliphatic rings. The summed E-state index contributed by atoms with van der Waals surface area (Å²) in [5.74, 6) is 0.838. The van der Waals surface area contributed by atoms with Crippen LogP contribution in [-0.4, -0.2) is 27.2 Å². The molecule has 0 bridgehead atoms. The molecule has 0 spiro atoms. The van der Waals surface area contributed by atoms with E-state index in [9.17, 15) is 0 Å². The topological polar surface area (TPSA) is 24.1 Å². The third kappa shape index (κ3) is 5.57. The van der Waals surface area contributed by atoms with E-state index < -0.39 is 0 Å². The van der Waals surface area contributed by atoms with Crippen LogP contribution in [0.25, 0.3) is 10.8 Å². The fourth-order valence-corrected chi connectivity index (χ4v) is 6.10. The minimum absolute atomic E-state index is 0. The van der Waals surface area contributed by atoms with Crippen LogP contribution in [0.5, 0.6) is 0 Å². The zero-order valence-corrected chi connectivity index (χ0v) is 20.6. The molecule has 2 aromatic carbocycles. The van der Waals surface area contributed by atoms with Gasteiger partial charge in [0.05, 0.1) is 0 Å². The van der Waals surface area contributed by atoms with Gasteiger partial charge in [0, 0.05) is 21.6 Å². The van der Waals surface area contributed by atoms with E-state index in [4.69, 9.17) is 0 Å². The van der Waals surface area contributed by atoms with Crippen LogP contribution < -0.4 is 10.6 Å². The Morgan fingerprint density at radius 3 is 1.97 bits per heavy atom. The summed E-state index contributed by atoms with van der Waals surface area (Å²) in [6.07, 6.45) is 2.21. The summed E-state index contributed by atoms with van der Waals surface area (Å²) in [7, 11) is 4.09. The van der Waals surface area contributed by atoms with Crippen LogP contribution in [0.2, 0.25) is 0 Å². The lowest BCUT2D eigenvalue weighted by Crippen LogP contribution is -2.14. The van der Waals surface area contributed by atoms with E-state index in [-0.39, 0.29) is 12.4 Å². The molecule has 0 saturated heterocycles. The Morgan fingerprint density at radius 1 is 0.742 bits per heavy atom. The van der Waals surface area contributed by atoms with Gasteiger partial charge in [-0.1, -0.05) is 48.5 Å². The first-order chi connectivity index (χ1) is 14.8. The third-order valence-corrected chi connectivity index (χ3v) is 7.81. The molecule has 2 nitrogen and oxygen atoms in total. The van der Waals surface area contributed by atoms with Crippen molar-refractivity contribution in [3.8, 4) is 0 Å². The lowest BCUT2D eigenvalue weighted by atomic mass is 9.84. The molecule has 0 radical (unpaired) electrons. The van der Waals surface area contributed by atoms with Gasteiger partial charge in [-0.15, -0.1) is 35.1 Å². The Hall–Kier alpha value is -1.69. The van der Waals surface area contributed by atoms with Gasteiger partial charge < -0.3 is 10.6 Å². The van der Waals surface area contributed by atoms with Gasteiger partial charge in [-0.3, -0.25) is 0 Å². The maximum atomic E-state index is 3.36. The minimum Gasteiger partial charge on any atom is -0.320 e. The van der Waals surface area contributed by atoms with Crippen LogP contribution in [0.1, 0.15) is 45.6 Å². The van der Waals surface area contributed by atoms with Crippen molar-refractivity contribution in [1.82, 2.24) is 10.6 Å². The Labute approximate surface area is 200 Å². The maximum Gasteiger partial charge on any atom is 0.0202 e. The molecule has 0 amide bonds. The molecule has 0 saturated carbocycles. The number of thiophene rings is 2. The molecule has 31 heavy (non-hydrogen) atoms. The lowest BCUT2D eigenvalue weighted by molar-refractivity contribution is 0.659. The molecule has 2 atom stereocenters. The molecule has 5 heteroatoms. The van der Waals surface area contributed by atoms with Crippen molar-refractivity contribution in [3.05, 3.63) is 92.3 Å². The van der Waals surface area contributed by atoms with E-state index in [0.717, 1.165) is 25.9 Å².